The molecule has 1 fully saturated rings. The van der Waals surface area contributed by atoms with Gasteiger partial charge in [0.1, 0.15) is 5.75 Å². The average Bonchev–Trinajstić information content (AvgIpc) is 2.38. The highest BCUT2D eigenvalue weighted by Crippen LogP contribution is 2.23. The molecule has 0 bridgehead atoms. The van der Waals surface area contributed by atoms with Crippen LogP contribution in [0.5, 0.6) is 5.75 Å². The van der Waals surface area contributed by atoms with Crippen molar-refractivity contribution in [1.29, 1.82) is 0 Å². The molecule has 0 aliphatic carbocycles. The summed E-state index contributed by atoms with van der Waals surface area (Å²) in [6.45, 7) is 9.63. The summed E-state index contributed by atoms with van der Waals surface area (Å²) in [6, 6.07) is 5.79. The van der Waals surface area contributed by atoms with Gasteiger partial charge >= 0.3 is 0 Å². The Morgan fingerprint density at radius 2 is 2.05 bits per heavy atom. The molecule has 5 nitrogen and oxygen atoms in total. The molecule has 1 saturated heterocycles. The van der Waals surface area contributed by atoms with Gasteiger partial charge in [0.05, 0.1) is 19.3 Å². The van der Waals surface area contributed by atoms with Crippen LogP contribution in [0.2, 0.25) is 0 Å². The molecule has 0 aromatic heterocycles. The fourth-order valence-electron chi connectivity index (χ4n) is 2.25. The van der Waals surface area contributed by atoms with Gasteiger partial charge in [-0.25, -0.2) is 0 Å². The predicted octanol–water partition coefficient (Wildman–Crippen LogP) is 1.80. The van der Waals surface area contributed by atoms with Gasteiger partial charge in [0.15, 0.2) is 0 Å². The van der Waals surface area contributed by atoms with Crippen LogP contribution in [-0.4, -0.2) is 50.4 Å². The van der Waals surface area contributed by atoms with E-state index in [1.54, 1.807) is 0 Å². The van der Waals surface area contributed by atoms with Crippen molar-refractivity contribution in [2.75, 3.05) is 50.4 Å². The first-order chi connectivity index (χ1) is 9.63. The lowest BCUT2D eigenvalue weighted by Gasteiger charge is -2.26. The van der Waals surface area contributed by atoms with Crippen molar-refractivity contribution in [3.63, 3.8) is 0 Å². The zero-order chi connectivity index (χ0) is 14.4. The lowest BCUT2D eigenvalue weighted by Crippen LogP contribution is -2.39. The smallest absolute Gasteiger partial charge is 0.123 e. The van der Waals surface area contributed by atoms with Crippen LogP contribution in [0.3, 0.4) is 0 Å². The van der Waals surface area contributed by atoms with Gasteiger partial charge in [-0.2, -0.15) is 0 Å². The molecule has 20 heavy (non-hydrogen) atoms. The van der Waals surface area contributed by atoms with E-state index in [0.717, 1.165) is 56.5 Å². The second kappa shape index (κ2) is 7.36. The number of nitrogens with zero attached hydrogens (tertiary/aromatic N) is 1. The van der Waals surface area contributed by atoms with Crippen molar-refractivity contribution in [1.82, 2.24) is 4.90 Å². The quantitative estimate of drug-likeness (QED) is 0.778. The van der Waals surface area contributed by atoms with Crippen LogP contribution < -0.4 is 15.8 Å². The zero-order valence-electron chi connectivity index (χ0n) is 12.4. The van der Waals surface area contributed by atoms with E-state index < -0.39 is 0 Å². The number of benzene rings is 1. The minimum absolute atomic E-state index is 0.151. The molecule has 5 heteroatoms. The van der Waals surface area contributed by atoms with Gasteiger partial charge in [-0.05, 0) is 19.9 Å². The normalized spacial score (nSPS) is 16.4. The molecule has 0 amide bonds. The van der Waals surface area contributed by atoms with Crippen LogP contribution in [-0.2, 0) is 4.74 Å². The number of ether oxygens (including phenoxy) is 2. The van der Waals surface area contributed by atoms with Crippen molar-refractivity contribution in [3.05, 3.63) is 18.2 Å². The number of rotatable bonds is 6. The van der Waals surface area contributed by atoms with Gasteiger partial charge in [-0.1, -0.05) is 0 Å². The highest BCUT2D eigenvalue weighted by atomic mass is 16.5. The molecule has 0 saturated carbocycles. The maximum Gasteiger partial charge on any atom is 0.123 e. The van der Waals surface area contributed by atoms with E-state index in [1.165, 1.54) is 0 Å². The van der Waals surface area contributed by atoms with E-state index in [2.05, 4.69) is 10.2 Å². The standard InChI is InChI=1S/C15H25N3O2/c1-12(2)20-15-10-13(16)9-14(11-15)17-3-4-18-5-7-19-8-6-18/h9-12,17H,3-8,16H2,1-2H3. The third kappa shape index (κ3) is 4.90. The Morgan fingerprint density at radius 3 is 2.75 bits per heavy atom. The van der Waals surface area contributed by atoms with Crippen molar-refractivity contribution < 1.29 is 9.47 Å². The van der Waals surface area contributed by atoms with Crippen LogP contribution >= 0.6 is 0 Å². The Hall–Kier alpha value is -1.46. The van der Waals surface area contributed by atoms with E-state index in [1.807, 2.05) is 32.0 Å². The Balaban J connectivity index is 1.83. The molecule has 0 atom stereocenters. The summed E-state index contributed by atoms with van der Waals surface area (Å²) in [7, 11) is 0. The van der Waals surface area contributed by atoms with Crippen LogP contribution in [0.4, 0.5) is 11.4 Å². The van der Waals surface area contributed by atoms with E-state index in [4.69, 9.17) is 15.2 Å². The second-order valence-electron chi connectivity index (χ2n) is 5.34. The minimum Gasteiger partial charge on any atom is -0.491 e. The highest BCUT2D eigenvalue weighted by Gasteiger charge is 2.09. The summed E-state index contributed by atoms with van der Waals surface area (Å²) in [5.74, 6) is 0.814. The van der Waals surface area contributed by atoms with Crippen LogP contribution in [0, 0.1) is 0 Å². The van der Waals surface area contributed by atoms with Gasteiger partial charge in [-0.3, -0.25) is 4.90 Å². The summed E-state index contributed by atoms with van der Waals surface area (Å²) in [5, 5.41) is 3.40. The molecule has 1 aliphatic rings. The highest BCUT2D eigenvalue weighted by molar-refractivity contribution is 5.59. The first-order valence-electron chi connectivity index (χ1n) is 7.24. The fraction of sp³-hybridized carbons (Fsp3) is 0.600. The zero-order valence-corrected chi connectivity index (χ0v) is 12.4. The number of nitrogen functional groups attached to an aromatic ring is 1. The number of morpholine rings is 1. The maximum atomic E-state index is 5.90. The number of nitrogens with two attached hydrogens (primary N) is 1. The van der Waals surface area contributed by atoms with Crippen molar-refractivity contribution in [2.24, 2.45) is 0 Å². The predicted molar refractivity (Wildman–Crippen MR) is 82.4 cm³/mol. The Kier molecular flexibility index (Phi) is 5.49. The largest absolute Gasteiger partial charge is 0.491 e. The molecule has 0 unspecified atom stereocenters. The first-order valence-corrected chi connectivity index (χ1v) is 7.24. The summed E-state index contributed by atoms with van der Waals surface area (Å²) in [4.78, 5) is 2.40. The number of hydrogen-bond acceptors (Lipinski definition) is 5. The summed E-state index contributed by atoms with van der Waals surface area (Å²) in [6.07, 6.45) is 0.151. The molecule has 0 radical (unpaired) electrons. The number of hydrogen-bond donors (Lipinski definition) is 2. The molecular formula is C15H25N3O2. The second-order valence-corrected chi connectivity index (χ2v) is 5.34. The van der Waals surface area contributed by atoms with Crippen LogP contribution in [0.25, 0.3) is 0 Å². The van der Waals surface area contributed by atoms with Gasteiger partial charge in [0, 0.05) is 49.7 Å². The molecule has 2 rings (SSSR count). The Labute approximate surface area is 121 Å². The molecule has 1 heterocycles. The SMILES string of the molecule is CC(C)Oc1cc(N)cc(NCCN2CCOCC2)c1. The topological polar surface area (TPSA) is 59.8 Å². The molecule has 3 N–H and O–H groups in total. The third-order valence-electron chi connectivity index (χ3n) is 3.16. The lowest BCUT2D eigenvalue weighted by atomic mass is 10.2. The molecular weight excluding hydrogens is 254 g/mol. The van der Waals surface area contributed by atoms with Gasteiger partial charge in [0.25, 0.3) is 0 Å². The van der Waals surface area contributed by atoms with Crippen LogP contribution in [0.15, 0.2) is 18.2 Å². The Bertz CT molecular complexity index is 418. The maximum absolute atomic E-state index is 5.90. The molecule has 1 aromatic rings. The molecule has 112 valence electrons. The summed E-state index contributed by atoms with van der Waals surface area (Å²) in [5.41, 5.74) is 7.63. The molecule has 1 aromatic carbocycles. The van der Waals surface area contributed by atoms with E-state index in [-0.39, 0.29) is 6.10 Å². The lowest BCUT2D eigenvalue weighted by molar-refractivity contribution is 0.0398. The molecule has 0 spiro atoms. The van der Waals surface area contributed by atoms with E-state index in [9.17, 15) is 0 Å². The Morgan fingerprint density at radius 1 is 1.30 bits per heavy atom. The van der Waals surface area contributed by atoms with Gasteiger partial charge in [-0.15, -0.1) is 0 Å². The summed E-state index contributed by atoms with van der Waals surface area (Å²) >= 11 is 0. The van der Waals surface area contributed by atoms with Gasteiger partial charge in [0.2, 0.25) is 0 Å². The average molecular weight is 279 g/mol. The van der Waals surface area contributed by atoms with Crippen molar-refractivity contribution >= 4 is 11.4 Å². The molecule has 1 aliphatic heterocycles. The van der Waals surface area contributed by atoms with Gasteiger partial charge < -0.3 is 20.5 Å². The first kappa shape index (κ1) is 14.9. The van der Waals surface area contributed by atoms with Crippen LogP contribution in [0.1, 0.15) is 13.8 Å². The van der Waals surface area contributed by atoms with E-state index >= 15 is 0 Å². The third-order valence-corrected chi connectivity index (χ3v) is 3.16. The minimum atomic E-state index is 0.151. The van der Waals surface area contributed by atoms with Crippen molar-refractivity contribution in [2.45, 2.75) is 20.0 Å². The number of nitrogens with one attached hydrogen (secondary N) is 1. The summed E-state index contributed by atoms with van der Waals surface area (Å²) < 4.78 is 11.0. The fourth-order valence-corrected chi connectivity index (χ4v) is 2.25. The number of anilines is 2. The van der Waals surface area contributed by atoms with E-state index in [0.29, 0.717) is 0 Å². The monoisotopic (exact) mass is 279 g/mol. The van der Waals surface area contributed by atoms with Crippen molar-refractivity contribution in [3.8, 4) is 5.75 Å².